The van der Waals surface area contributed by atoms with Gasteiger partial charge in [-0.3, -0.25) is 4.98 Å². The molecule has 3 aromatic heterocycles. The first-order valence-corrected chi connectivity index (χ1v) is 13.6. The summed E-state index contributed by atoms with van der Waals surface area (Å²) in [5.74, 6) is 1.25. The van der Waals surface area contributed by atoms with Gasteiger partial charge < -0.3 is 19.7 Å². The fourth-order valence-corrected chi connectivity index (χ4v) is 6.22. The average molecular weight is 506 g/mol. The number of ether oxygens (including phenoxy) is 2. The summed E-state index contributed by atoms with van der Waals surface area (Å²) in [6, 6.07) is 7.95. The molecule has 8 heteroatoms. The molecule has 3 aliphatic heterocycles. The number of piperidine rings is 1. The van der Waals surface area contributed by atoms with E-state index in [2.05, 4.69) is 32.3 Å². The lowest BCUT2D eigenvalue weighted by Crippen LogP contribution is -2.61. The fourth-order valence-electron chi connectivity index (χ4n) is 6.22. The molecule has 0 spiro atoms. The van der Waals surface area contributed by atoms with E-state index < -0.39 is 0 Å². The number of aromatic nitrogens is 3. The monoisotopic (exact) mass is 505 g/mol. The van der Waals surface area contributed by atoms with Gasteiger partial charge in [0.1, 0.15) is 11.6 Å². The molecule has 0 unspecified atom stereocenters. The molecular weight excluding hydrogens is 469 g/mol. The zero-order chi connectivity index (χ0) is 25.3. The van der Waals surface area contributed by atoms with Gasteiger partial charge in [0.2, 0.25) is 5.88 Å². The number of anilines is 1. The van der Waals surface area contributed by atoms with Crippen LogP contribution in [0, 0.1) is 5.82 Å². The first-order chi connectivity index (χ1) is 18.1. The number of halogens is 1. The van der Waals surface area contributed by atoms with Crippen LogP contribution in [0.15, 0.2) is 36.7 Å². The summed E-state index contributed by atoms with van der Waals surface area (Å²) in [6.45, 7) is 3.71. The lowest BCUT2D eigenvalue weighted by molar-refractivity contribution is -0.165. The summed E-state index contributed by atoms with van der Waals surface area (Å²) in [7, 11) is 1.57. The standard InChI is InChI=1S/C29H36FN5O2/c1-36-26-8-6-24-27(34-26)22(23(30)19-31-24)9-10-29-13-11-28(12-14-29,20-37-29)33-18-21-5-7-25(32-17-21)35-15-3-2-4-16-35/h5-8,17,19,33H,2-4,9-16,18,20H2,1H3. The van der Waals surface area contributed by atoms with E-state index in [9.17, 15) is 4.39 Å². The third-order valence-corrected chi connectivity index (χ3v) is 8.71. The largest absolute Gasteiger partial charge is 0.481 e. The van der Waals surface area contributed by atoms with Gasteiger partial charge in [-0.25, -0.2) is 14.4 Å². The summed E-state index contributed by atoms with van der Waals surface area (Å²) in [6.07, 6.45) is 12.6. The van der Waals surface area contributed by atoms with Gasteiger partial charge in [0.05, 0.1) is 36.5 Å². The van der Waals surface area contributed by atoms with Crippen molar-refractivity contribution in [3.8, 4) is 5.88 Å². The highest BCUT2D eigenvalue weighted by molar-refractivity contribution is 5.78. The Balaban J connectivity index is 1.06. The van der Waals surface area contributed by atoms with Crippen molar-refractivity contribution in [2.75, 3.05) is 31.7 Å². The molecule has 4 aliphatic rings. The molecule has 0 aromatic carbocycles. The number of hydrogen-bond acceptors (Lipinski definition) is 7. The van der Waals surface area contributed by atoms with Crippen molar-refractivity contribution in [2.45, 2.75) is 75.5 Å². The van der Waals surface area contributed by atoms with Crippen molar-refractivity contribution in [3.63, 3.8) is 0 Å². The number of nitrogens with zero attached hydrogens (tertiary/aromatic N) is 4. The third kappa shape index (κ3) is 5.01. The number of rotatable bonds is 8. The van der Waals surface area contributed by atoms with Crippen LogP contribution < -0.4 is 15.0 Å². The van der Waals surface area contributed by atoms with Crippen LogP contribution in [-0.2, 0) is 17.7 Å². The Morgan fingerprint density at radius 3 is 2.57 bits per heavy atom. The van der Waals surface area contributed by atoms with Crippen LogP contribution >= 0.6 is 0 Å². The molecule has 196 valence electrons. The molecule has 6 heterocycles. The Morgan fingerprint density at radius 2 is 1.86 bits per heavy atom. The average Bonchev–Trinajstić information content (AvgIpc) is 2.97. The summed E-state index contributed by atoms with van der Waals surface area (Å²) in [5, 5.41) is 3.80. The second kappa shape index (κ2) is 10.1. The smallest absolute Gasteiger partial charge is 0.213 e. The topological polar surface area (TPSA) is 72.4 Å². The number of fused-ring (bicyclic) bond motifs is 4. The maximum atomic E-state index is 14.8. The lowest BCUT2D eigenvalue weighted by Gasteiger charge is -2.53. The van der Waals surface area contributed by atoms with Crippen LogP contribution in [0.1, 0.15) is 62.5 Å². The van der Waals surface area contributed by atoms with Gasteiger partial charge in [0.25, 0.3) is 0 Å². The van der Waals surface area contributed by atoms with Crippen LogP contribution in [0.5, 0.6) is 5.88 Å². The molecule has 0 radical (unpaired) electrons. The van der Waals surface area contributed by atoms with Gasteiger partial charge in [0.15, 0.2) is 0 Å². The third-order valence-electron chi connectivity index (χ3n) is 8.71. The number of hydrogen-bond donors (Lipinski definition) is 1. The maximum Gasteiger partial charge on any atom is 0.213 e. The zero-order valence-electron chi connectivity index (χ0n) is 21.6. The SMILES string of the molecule is COc1ccc2ncc(F)c(CCC34CCC(NCc5ccc(N6CCCCC6)nc5)(CC3)CO4)c2n1. The summed E-state index contributed by atoms with van der Waals surface area (Å²) in [5.41, 5.74) is 2.89. The molecule has 1 N–H and O–H groups in total. The molecule has 0 amide bonds. The molecule has 37 heavy (non-hydrogen) atoms. The quantitative estimate of drug-likeness (QED) is 0.464. The molecule has 7 nitrogen and oxygen atoms in total. The van der Waals surface area contributed by atoms with Gasteiger partial charge in [0, 0.05) is 43.0 Å². The minimum absolute atomic E-state index is 0.0107. The molecule has 0 atom stereocenters. The summed E-state index contributed by atoms with van der Waals surface area (Å²) < 4.78 is 26.6. The van der Waals surface area contributed by atoms with Crippen molar-refractivity contribution in [1.82, 2.24) is 20.3 Å². The van der Waals surface area contributed by atoms with Gasteiger partial charge >= 0.3 is 0 Å². The Kier molecular flexibility index (Phi) is 6.71. The summed E-state index contributed by atoms with van der Waals surface area (Å²) >= 11 is 0. The molecule has 2 bridgehead atoms. The molecule has 7 rings (SSSR count). The van der Waals surface area contributed by atoms with E-state index in [0.29, 0.717) is 35.5 Å². The molecule has 1 saturated carbocycles. The van der Waals surface area contributed by atoms with Gasteiger partial charge in [-0.05, 0) is 75.5 Å². The minimum Gasteiger partial charge on any atom is -0.481 e. The summed E-state index contributed by atoms with van der Waals surface area (Å²) in [4.78, 5) is 15.8. The number of nitrogens with one attached hydrogen (secondary N) is 1. The van der Waals surface area contributed by atoms with Crippen LogP contribution in [0.4, 0.5) is 10.2 Å². The molecule has 1 aliphatic carbocycles. The Bertz CT molecular complexity index is 1220. The highest BCUT2D eigenvalue weighted by Crippen LogP contribution is 2.46. The molecular formula is C29H36FN5O2. The maximum absolute atomic E-state index is 14.8. The fraction of sp³-hybridized carbons (Fsp3) is 0.552. The van der Waals surface area contributed by atoms with Crippen LogP contribution in [-0.4, -0.2) is 52.9 Å². The van der Waals surface area contributed by atoms with E-state index in [4.69, 9.17) is 14.5 Å². The van der Waals surface area contributed by atoms with Crippen LogP contribution in [0.25, 0.3) is 11.0 Å². The van der Waals surface area contributed by atoms with Crippen LogP contribution in [0.3, 0.4) is 0 Å². The number of aryl methyl sites for hydroxylation is 1. The van der Waals surface area contributed by atoms with E-state index in [0.717, 1.165) is 57.6 Å². The van der Waals surface area contributed by atoms with Crippen molar-refractivity contribution in [3.05, 3.63) is 53.6 Å². The van der Waals surface area contributed by atoms with Gasteiger partial charge in [-0.15, -0.1) is 0 Å². The second-order valence-electron chi connectivity index (χ2n) is 11.0. The number of pyridine rings is 3. The van der Waals surface area contributed by atoms with Crippen molar-refractivity contribution in [1.29, 1.82) is 0 Å². The molecule has 3 aromatic rings. The highest BCUT2D eigenvalue weighted by atomic mass is 19.1. The normalized spacial score (nSPS) is 25.5. The predicted molar refractivity (Wildman–Crippen MR) is 141 cm³/mol. The van der Waals surface area contributed by atoms with E-state index in [1.807, 2.05) is 12.3 Å². The Morgan fingerprint density at radius 1 is 1.03 bits per heavy atom. The predicted octanol–water partition coefficient (Wildman–Crippen LogP) is 4.97. The highest BCUT2D eigenvalue weighted by Gasteiger charge is 2.49. The second-order valence-corrected chi connectivity index (χ2v) is 11.0. The van der Waals surface area contributed by atoms with Crippen molar-refractivity contribution < 1.29 is 13.9 Å². The minimum atomic E-state index is -0.313. The first-order valence-electron chi connectivity index (χ1n) is 13.6. The van der Waals surface area contributed by atoms with E-state index in [1.54, 1.807) is 13.2 Å². The molecule has 3 saturated heterocycles. The van der Waals surface area contributed by atoms with E-state index in [-0.39, 0.29) is 17.0 Å². The Labute approximate surface area is 217 Å². The van der Waals surface area contributed by atoms with E-state index >= 15 is 0 Å². The number of methoxy groups -OCH3 is 1. The Hall–Kier alpha value is -2.84. The van der Waals surface area contributed by atoms with Gasteiger partial charge in [-0.2, -0.15) is 0 Å². The van der Waals surface area contributed by atoms with Crippen molar-refractivity contribution >= 4 is 16.9 Å². The lowest BCUT2D eigenvalue weighted by atomic mass is 9.69. The first kappa shape index (κ1) is 24.5. The van der Waals surface area contributed by atoms with Crippen molar-refractivity contribution in [2.24, 2.45) is 0 Å². The molecule has 4 fully saturated rings. The van der Waals surface area contributed by atoms with Gasteiger partial charge in [-0.1, -0.05) is 6.07 Å². The van der Waals surface area contributed by atoms with E-state index in [1.165, 1.54) is 31.0 Å². The zero-order valence-corrected chi connectivity index (χ0v) is 21.6. The van der Waals surface area contributed by atoms with Crippen LogP contribution in [0.2, 0.25) is 0 Å².